The minimum Gasteiger partial charge on any atom is -0.493 e. The van der Waals surface area contributed by atoms with Crippen molar-refractivity contribution in [1.29, 1.82) is 0 Å². The molecule has 1 fully saturated rings. The Labute approximate surface area is 172 Å². The highest BCUT2D eigenvalue weighted by Gasteiger charge is 2.29. The number of thiocarbonyl (C=S) groups is 1. The van der Waals surface area contributed by atoms with Gasteiger partial charge in [-0.1, -0.05) is 30.3 Å². The molecule has 0 saturated carbocycles. The first kappa shape index (κ1) is 19.4. The first-order chi connectivity index (χ1) is 13.0. The lowest BCUT2D eigenvalue weighted by atomic mass is 10.1. The molecule has 1 aliphatic rings. The molecule has 1 saturated heterocycles. The van der Waals surface area contributed by atoms with E-state index >= 15 is 0 Å². The fraction of sp³-hybridized carbons (Fsp3) is 0.200. The molecule has 27 heavy (non-hydrogen) atoms. The van der Waals surface area contributed by atoms with E-state index in [1.807, 2.05) is 49.4 Å². The molecule has 7 heteroatoms. The molecule has 1 N–H and O–H groups in total. The van der Waals surface area contributed by atoms with Crippen molar-refractivity contribution in [3.63, 3.8) is 0 Å². The van der Waals surface area contributed by atoms with Crippen molar-refractivity contribution < 1.29 is 14.3 Å². The van der Waals surface area contributed by atoms with Crippen molar-refractivity contribution in [2.45, 2.75) is 13.5 Å². The van der Waals surface area contributed by atoms with Crippen molar-refractivity contribution in [1.82, 2.24) is 10.2 Å². The number of halogens is 1. The second kappa shape index (κ2) is 8.54. The number of hydrogen-bond acceptors (Lipinski definition) is 4. The Hall–Kier alpha value is -2.38. The minimum absolute atomic E-state index is 0.137. The monoisotopic (exact) mass is 446 g/mol. The smallest absolute Gasteiger partial charge is 0.276 e. The number of amides is 1. The number of methoxy groups -OCH3 is 1. The van der Waals surface area contributed by atoms with Gasteiger partial charge in [0.05, 0.1) is 11.6 Å². The summed E-state index contributed by atoms with van der Waals surface area (Å²) in [7, 11) is 1.58. The highest BCUT2D eigenvalue weighted by Crippen LogP contribution is 2.38. The van der Waals surface area contributed by atoms with Crippen LogP contribution in [0.25, 0.3) is 6.08 Å². The minimum atomic E-state index is -0.137. The summed E-state index contributed by atoms with van der Waals surface area (Å²) in [5.74, 6) is 1.05. The van der Waals surface area contributed by atoms with Crippen molar-refractivity contribution in [3.8, 4) is 11.5 Å². The molecule has 0 atom stereocenters. The maximum absolute atomic E-state index is 12.4. The second-order valence-corrected chi connectivity index (χ2v) is 7.09. The SMILES string of the molecule is CCN1C(=O)/C(=C/c2cc(Br)c(OCc3ccccc3)c(OC)c2)NC1=S. The molecule has 1 heterocycles. The number of hydrogen-bond donors (Lipinski definition) is 1. The lowest BCUT2D eigenvalue weighted by Crippen LogP contribution is -2.30. The van der Waals surface area contributed by atoms with Crippen LogP contribution in [-0.2, 0) is 11.4 Å². The van der Waals surface area contributed by atoms with E-state index in [0.717, 1.165) is 15.6 Å². The van der Waals surface area contributed by atoms with E-state index in [0.29, 0.717) is 35.5 Å². The Morgan fingerprint density at radius 2 is 2.00 bits per heavy atom. The fourth-order valence-corrected chi connectivity index (χ4v) is 3.61. The standard InChI is InChI=1S/C20H19BrN2O3S/c1-3-23-19(24)16(22-20(23)27)10-14-9-15(21)18(17(11-14)25-2)26-12-13-7-5-4-6-8-13/h4-11H,3,12H2,1-2H3,(H,22,27)/b16-10-. The predicted octanol–water partition coefficient (Wildman–Crippen LogP) is 4.11. The summed E-state index contributed by atoms with van der Waals surface area (Å²) in [5.41, 5.74) is 2.29. The van der Waals surface area contributed by atoms with Gasteiger partial charge in [0.15, 0.2) is 16.6 Å². The molecule has 140 valence electrons. The molecule has 2 aromatic rings. The lowest BCUT2D eigenvalue weighted by Gasteiger charge is -2.14. The fourth-order valence-electron chi connectivity index (χ4n) is 2.72. The summed E-state index contributed by atoms with van der Waals surface area (Å²) in [6.45, 7) is 2.84. The number of nitrogens with zero attached hydrogens (tertiary/aromatic N) is 1. The molecule has 5 nitrogen and oxygen atoms in total. The van der Waals surface area contributed by atoms with Crippen LogP contribution < -0.4 is 14.8 Å². The highest BCUT2D eigenvalue weighted by molar-refractivity contribution is 9.10. The van der Waals surface area contributed by atoms with Crippen LogP contribution in [0.1, 0.15) is 18.1 Å². The molecule has 2 aromatic carbocycles. The molecule has 1 aliphatic heterocycles. The number of carbonyl (C=O) groups is 1. The van der Waals surface area contributed by atoms with Crippen LogP contribution in [0.5, 0.6) is 11.5 Å². The number of nitrogens with one attached hydrogen (secondary N) is 1. The van der Waals surface area contributed by atoms with Crippen molar-refractivity contribution in [2.75, 3.05) is 13.7 Å². The summed E-state index contributed by atoms with van der Waals surface area (Å²) < 4.78 is 12.2. The molecule has 0 aliphatic carbocycles. The first-order valence-corrected chi connectivity index (χ1v) is 9.62. The number of likely N-dealkylation sites (N-methyl/N-ethyl adjacent to an activating group) is 1. The van der Waals surface area contributed by atoms with Gasteiger partial charge in [0.1, 0.15) is 12.3 Å². The van der Waals surface area contributed by atoms with Crippen molar-refractivity contribution >= 4 is 45.2 Å². The average Bonchev–Trinajstić information content (AvgIpc) is 2.93. The summed E-state index contributed by atoms with van der Waals surface area (Å²) >= 11 is 8.72. The van der Waals surface area contributed by atoms with Crippen LogP contribution in [0.15, 0.2) is 52.6 Å². The van der Waals surface area contributed by atoms with Gasteiger partial charge in [-0.05, 0) is 64.4 Å². The number of rotatable bonds is 6. The Balaban J connectivity index is 1.85. The third-order valence-corrected chi connectivity index (χ3v) is 4.98. The Bertz CT molecular complexity index is 900. The van der Waals surface area contributed by atoms with Gasteiger partial charge in [-0.15, -0.1) is 0 Å². The summed E-state index contributed by atoms with van der Waals surface area (Å²) in [6.07, 6.45) is 1.75. The van der Waals surface area contributed by atoms with Gasteiger partial charge in [0, 0.05) is 6.54 Å². The summed E-state index contributed by atoms with van der Waals surface area (Å²) in [5, 5.41) is 3.37. The zero-order valence-corrected chi connectivity index (χ0v) is 17.4. The van der Waals surface area contributed by atoms with Gasteiger partial charge in [0.25, 0.3) is 5.91 Å². The topological polar surface area (TPSA) is 50.8 Å². The van der Waals surface area contributed by atoms with Crippen molar-refractivity contribution in [3.05, 3.63) is 63.8 Å². The average molecular weight is 447 g/mol. The van der Waals surface area contributed by atoms with Crippen LogP contribution in [-0.4, -0.2) is 29.6 Å². The lowest BCUT2D eigenvalue weighted by molar-refractivity contribution is -0.122. The molecule has 1 amide bonds. The quantitative estimate of drug-likeness (QED) is 0.534. The number of carbonyl (C=O) groups excluding carboxylic acids is 1. The number of benzene rings is 2. The molecule has 0 spiro atoms. The zero-order chi connectivity index (χ0) is 19.4. The van der Waals surface area contributed by atoms with Crippen LogP contribution >= 0.6 is 28.1 Å². The van der Waals surface area contributed by atoms with E-state index in [2.05, 4.69) is 21.2 Å². The van der Waals surface area contributed by atoms with E-state index < -0.39 is 0 Å². The predicted molar refractivity (Wildman–Crippen MR) is 113 cm³/mol. The Kier molecular flexibility index (Phi) is 6.13. The van der Waals surface area contributed by atoms with E-state index in [1.165, 1.54) is 4.90 Å². The van der Waals surface area contributed by atoms with Gasteiger partial charge in [-0.3, -0.25) is 9.69 Å². The van der Waals surface area contributed by atoms with Gasteiger partial charge < -0.3 is 14.8 Å². The van der Waals surface area contributed by atoms with E-state index in [1.54, 1.807) is 13.2 Å². The third kappa shape index (κ3) is 4.31. The molecule has 0 radical (unpaired) electrons. The Morgan fingerprint density at radius 3 is 2.63 bits per heavy atom. The first-order valence-electron chi connectivity index (χ1n) is 8.42. The second-order valence-electron chi connectivity index (χ2n) is 5.85. The molecule has 0 unspecified atom stereocenters. The molecule has 0 bridgehead atoms. The molecular formula is C20H19BrN2O3S. The Morgan fingerprint density at radius 1 is 1.26 bits per heavy atom. The molecule has 3 rings (SSSR count). The van der Waals surface area contributed by atoms with Gasteiger partial charge in [-0.25, -0.2) is 0 Å². The maximum Gasteiger partial charge on any atom is 0.276 e. The zero-order valence-electron chi connectivity index (χ0n) is 15.0. The van der Waals surface area contributed by atoms with Gasteiger partial charge >= 0.3 is 0 Å². The van der Waals surface area contributed by atoms with Crippen molar-refractivity contribution in [2.24, 2.45) is 0 Å². The molecule has 0 aromatic heterocycles. The summed E-state index contributed by atoms with van der Waals surface area (Å²) in [4.78, 5) is 13.9. The molecular weight excluding hydrogens is 428 g/mol. The highest BCUT2D eigenvalue weighted by atomic mass is 79.9. The van der Waals surface area contributed by atoms with E-state index in [-0.39, 0.29) is 5.91 Å². The van der Waals surface area contributed by atoms with E-state index in [4.69, 9.17) is 21.7 Å². The number of ether oxygens (including phenoxy) is 2. The van der Waals surface area contributed by atoms with Crippen LogP contribution in [0.2, 0.25) is 0 Å². The van der Waals surface area contributed by atoms with Crippen LogP contribution in [0.3, 0.4) is 0 Å². The van der Waals surface area contributed by atoms with Crippen LogP contribution in [0, 0.1) is 0 Å². The van der Waals surface area contributed by atoms with Gasteiger partial charge in [-0.2, -0.15) is 0 Å². The summed E-state index contributed by atoms with van der Waals surface area (Å²) in [6, 6.07) is 13.6. The van der Waals surface area contributed by atoms with Crippen LogP contribution in [0.4, 0.5) is 0 Å². The van der Waals surface area contributed by atoms with Gasteiger partial charge in [0.2, 0.25) is 0 Å². The maximum atomic E-state index is 12.4. The normalized spacial score (nSPS) is 15.2. The van der Waals surface area contributed by atoms with E-state index in [9.17, 15) is 4.79 Å². The third-order valence-electron chi connectivity index (χ3n) is 4.07. The largest absolute Gasteiger partial charge is 0.493 e.